The van der Waals surface area contributed by atoms with Crippen LogP contribution < -0.4 is 10.5 Å². The third kappa shape index (κ3) is 5.41. The van der Waals surface area contributed by atoms with E-state index in [0.717, 1.165) is 24.0 Å². The molecular formula is C22H32N2O3S. The van der Waals surface area contributed by atoms with E-state index in [1.54, 1.807) is 13.8 Å². The Bertz CT molecular complexity index is 939. The zero-order valence-corrected chi connectivity index (χ0v) is 18.4. The maximum absolute atomic E-state index is 11.2. The SMILES string of the molecule is CC(C)(C)N[C@@]1(O)CCc2ccccc21.Cc1cc(C)c(S(N)(=O)=O)c(C)c1. The van der Waals surface area contributed by atoms with Crippen LogP contribution in [0.1, 0.15) is 55.0 Å². The number of nitrogens with one attached hydrogen (secondary N) is 1. The Morgan fingerprint density at radius 3 is 2.11 bits per heavy atom. The standard InChI is InChI=1S/C13H19NO.C9H13NO2S/c1-12(2,3)14-13(15)9-8-10-6-4-5-7-11(10)13;1-6-4-7(2)9(8(3)5-6)13(10,11)12/h4-7,14-15H,8-9H2,1-3H3;4-5H,1-3H3,(H2,10,11,12)/t13-;/m1./s1. The summed E-state index contributed by atoms with van der Waals surface area (Å²) in [6.07, 6.45) is 1.72. The second kappa shape index (κ2) is 7.95. The van der Waals surface area contributed by atoms with Gasteiger partial charge in [0.2, 0.25) is 10.0 Å². The van der Waals surface area contributed by atoms with Crippen molar-refractivity contribution >= 4 is 10.0 Å². The molecule has 6 heteroatoms. The minimum absolute atomic E-state index is 0.0772. The summed E-state index contributed by atoms with van der Waals surface area (Å²) in [4.78, 5) is 0.248. The first-order chi connectivity index (χ1) is 12.7. The predicted octanol–water partition coefficient (Wildman–Crippen LogP) is 3.43. The molecule has 0 aromatic heterocycles. The molecule has 1 aliphatic carbocycles. The second-order valence-electron chi connectivity index (χ2n) is 8.67. The van der Waals surface area contributed by atoms with Gasteiger partial charge in [-0.25, -0.2) is 13.6 Å². The van der Waals surface area contributed by atoms with Crippen LogP contribution in [0, 0.1) is 20.8 Å². The quantitative estimate of drug-likeness (QED) is 0.669. The molecule has 0 saturated carbocycles. The van der Waals surface area contributed by atoms with Crippen LogP contribution >= 0.6 is 0 Å². The number of aliphatic hydroxyl groups is 1. The Balaban J connectivity index is 0.000000203. The smallest absolute Gasteiger partial charge is 0.238 e. The first-order valence-corrected chi connectivity index (χ1v) is 11.0. The maximum atomic E-state index is 11.2. The molecule has 4 N–H and O–H groups in total. The van der Waals surface area contributed by atoms with Crippen molar-refractivity contribution in [3.8, 4) is 0 Å². The number of hydrogen-bond acceptors (Lipinski definition) is 4. The van der Waals surface area contributed by atoms with E-state index in [9.17, 15) is 13.5 Å². The van der Waals surface area contributed by atoms with Gasteiger partial charge in [0.15, 0.2) is 0 Å². The van der Waals surface area contributed by atoms with Crippen molar-refractivity contribution in [2.24, 2.45) is 5.14 Å². The molecule has 0 fully saturated rings. The fourth-order valence-electron chi connectivity index (χ4n) is 3.96. The highest BCUT2D eigenvalue weighted by molar-refractivity contribution is 7.89. The van der Waals surface area contributed by atoms with Crippen LogP contribution in [0.3, 0.4) is 0 Å². The van der Waals surface area contributed by atoms with Crippen molar-refractivity contribution in [1.29, 1.82) is 0 Å². The van der Waals surface area contributed by atoms with E-state index in [0.29, 0.717) is 11.1 Å². The summed E-state index contributed by atoms with van der Waals surface area (Å²) in [5.74, 6) is 0. The van der Waals surface area contributed by atoms with Crippen LogP contribution in [-0.4, -0.2) is 19.1 Å². The molecule has 5 nitrogen and oxygen atoms in total. The van der Waals surface area contributed by atoms with Gasteiger partial charge in [0, 0.05) is 11.1 Å². The van der Waals surface area contributed by atoms with Gasteiger partial charge in [-0.15, -0.1) is 0 Å². The van der Waals surface area contributed by atoms with Gasteiger partial charge >= 0.3 is 0 Å². The van der Waals surface area contributed by atoms with Gasteiger partial charge in [-0.1, -0.05) is 42.0 Å². The number of aryl methyl sites for hydroxylation is 4. The lowest BCUT2D eigenvalue weighted by molar-refractivity contribution is -0.0205. The van der Waals surface area contributed by atoms with Crippen molar-refractivity contribution in [3.63, 3.8) is 0 Å². The number of hydrogen-bond donors (Lipinski definition) is 3. The molecule has 28 heavy (non-hydrogen) atoms. The molecule has 0 radical (unpaired) electrons. The molecule has 0 spiro atoms. The average molecular weight is 405 g/mol. The summed E-state index contributed by atoms with van der Waals surface area (Å²) in [7, 11) is -3.58. The van der Waals surface area contributed by atoms with Crippen LogP contribution in [0.2, 0.25) is 0 Å². The lowest BCUT2D eigenvalue weighted by Gasteiger charge is -2.34. The van der Waals surface area contributed by atoms with Crippen LogP contribution in [0.25, 0.3) is 0 Å². The zero-order valence-electron chi connectivity index (χ0n) is 17.6. The van der Waals surface area contributed by atoms with Gasteiger partial charge < -0.3 is 5.11 Å². The third-order valence-corrected chi connectivity index (χ3v) is 5.90. The highest BCUT2D eigenvalue weighted by atomic mass is 32.2. The molecule has 154 valence electrons. The Hall–Kier alpha value is -1.73. The largest absolute Gasteiger partial charge is 0.372 e. The summed E-state index contributed by atoms with van der Waals surface area (Å²) in [6, 6.07) is 11.7. The van der Waals surface area contributed by atoms with Gasteiger partial charge in [0.05, 0.1) is 4.90 Å². The van der Waals surface area contributed by atoms with E-state index in [1.165, 1.54) is 5.56 Å². The van der Waals surface area contributed by atoms with Gasteiger partial charge in [-0.05, 0) is 71.1 Å². The summed E-state index contributed by atoms with van der Waals surface area (Å²) in [6.45, 7) is 11.6. The number of fused-ring (bicyclic) bond motifs is 1. The topological polar surface area (TPSA) is 92.4 Å². The van der Waals surface area contributed by atoms with Crippen molar-refractivity contribution < 1.29 is 13.5 Å². The summed E-state index contributed by atoms with van der Waals surface area (Å²) < 4.78 is 22.3. The van der Waals surface area contributed by atoms with Gasteiger partial charge in [-0.3, -0.25) is 5.32 Å². The molecule has 0 aliphatic heterocycles. The van der Waals surface area contributed by atoms with E-state index in [4.69, 9.17) is 5.14 Å². The molecule has 0 amide bonds. The monoisotopic (exact) mass is 404 g/mol. The summed E-state index contributed by atoms with van der Waals surface area (Å²) in [5.41, 5.74) is 3.85. The third-order valence-electron chi connectivity index (χ3n) is 4.69. The van der Waals surface area contributed by atoms with Crippen LogP contribution in [0.15, 0.2) is 41.3 Å². The van der Waals surface area contributed by atoms with Crippen LogP contribution in [-0.2, 0) is 22.2 Å². The highest BCUT2D eigenvalue weighted by Crippen LogP contribution is 2.35. The zero-order chi connectivity index (χ0) is 21.3. The minimum Gasteiger partial charge on any atom is -0.372 e. The van der Waals surface area contributed by atoms with Crippen LogP contribution in [0.4, 0.5) is 0 Å². The summed E-state index contributed by atoms with van der Waals surface area (Å²) in [5, 5.41) is 19.0. The first-order valence-electron chi connectivity index (χ1n) is 9.44. The van der Waals surface area contributed by atoms with Gasteiger partial charge in [0.1, 0.15) is 5.72 Å². The number of primary sulfonamides is 1. The molecule has 1 aliphatic rings. The Kier molecular flexibility index (Phi) is 6.40. The Morgan fingerprint density at radius 1 is 1.07 bits per heavy atom. The van der Waals surface area contributed by atoms with Crippen molar-refractivity contribution in [2.75, 3.05) is 0 Å². The van der Waals surface area contributed by atoms with E-state index in [1.807, 2.05) is 37.3 Å². The Labute approximate surface area is 169 Å². The van der Waals surface area contributed by atoms with E-state index in [-0.39, 0.29) is 10.4 Å². The lowest BCUT2D eigenvalue weighted by atomic mass is 10.00. The second-order valence-corrected chi connectivity index (χ2v) is 10.2. The minimum atomic E-state index is -3.58. The molecule has 2 aromatic rings. The first kappa shape index (κ1) is 22.6. The molecular weight excluding hydrogens is 372 g/mol. The maximum Gasteiger partial charge on any atom is 0.238 e. The van der Waals surface area contributed by atoms with Crippen molar-refractivity contribution in [1.82, 2.24) is 5.32 Å². The average Bonchev–Trinajstić information content (AvgIpc) is 2.81. The molecule has 3 rings (SSSR count). The normalized spacial score (nSPS) is 19.0. The molecule has 0 heterocycles. The predicted molar refractivity (Wildman–Crippen MR) is 114 cm³/mol. The Morgan fingerprint density at radius 2 is 1.61 bits per heavy atom. The number of benzene rings is 2. The van der Waals surface area contributed by atoms with E-state index >= 15 is 0 Å². The molecule has 0 bridgehead atoms. The summed E-state index contributed by atoms with van der Waals surface area (Å²) >= 11 is 0. The molecule has 1 atom stereocenters. The molecule has 0 saturated heterocycles. The van der Waals surface area contributed by atoms with Gasteiger partial charge in [-0.2, -0.15) is 0 Å². The molecule has 0 unspecified atom stereocenters. The van der Waals surface area contributed by atoms with Gasteiger partial charge in [0.25, 0.3) is 0 Å². The highest BCUT2D eigenvalue weighted by Gasteiger charge is 2.38. The van der Waals surface area contributed by atoms with E-state index < -0.39 is 15.7 Å². The number of nitrogens with two attached hydrogens (primary N) is 1. The van der Waals surface area contributed by atoms with Crippen molar-refractivity contribution in [3.05, 3.63) is 64.2 Å². The number of rotatable bonds is 2. The van der Waals surface area contributed by atoms with Crippen molar-refractivity contribution in [2.45, 2.75) is 70.5 Å². The number of sulfonamides is 1. The fourth-order valence-corrected chi connectivity index (χ4v) is 4.97. The lowest BCUT2D eigenvalue weighted by Crippen LogP contribution is -2.50. The van der Waals surface area contributed by atoms with E-state index in [2.05, 4.69) is 32.2 Å². The van der Waals surface area contributed by atoms with Crippen LogP contribution in [0.5, 0.6) is 0 Å². The molecule has 2 aromatic carbocycles. The fraction of sp³-hybridized carbons (Fsp3) is 0.455.